The van der Waals surface area contributed by atoms with E-state index in [4.69, 9.17) is 14.6 Å². The zero-order valence-corrected chi connectivity index (χ0v) is 22.5. The van der Waals surface area contributed by atoms with E-state index in [1.54, 1.807) is 26.3 Å². The number of hydrogen-bond donors (Lipinski definition) is 2. The van der Waals surface area contributed by atoms with Gasteiger partial charge in [0.15, 0.2) is 0 Å². The first-order valence-electron chi connectivity index (χ1n) is 12.8. The van der Waals surface area contributed by atoms with Gasteiger partial charge >= 0.3 is 5.97 Å². The number of benzene rings is 2. The summed E-state index contributed by atoms with van der Waals surface area (Å²) in [5, 5.41) is 12.5. The van der Waals surface area contributed by atoms with Gasteiger partial charge in [-0.1, -0.05) is 26.8 Å². The van der Waals surface area contributed by atoms with Gasteiger partial charge in [0.2, 0.25) is 5.88 Å². The number of carbonyl (C=O) groups is 2. The van der Waals surface area contributed by atoms with Crippen molar-refractivity contribution in [2.24, 2.45) is 5.92 Å². The van der Waals surface area contributed by atoms with E-state index >= 15 is 0 Å². The first-order chi connectivity index (χ1) is 18.2. The Bertz CT molecular complexity index is 1270. The summed E-state index contributed by atoms with van der Waals surface area (Å²) in [5.41, 5.74) is 4.68. The number of nitrogens with one attached hydrogen (secondary N) is 1. The zero-order chi connectivity index (χ0) is 27.4. The number of methoxy groups -OCH3 is 1. The van der Waals surface area contributed by atoms with Gasteiger partial charge in [0, 0.05) is 54.2 Å². The molecule has 3 aromatic rings. The molecule has 1 aromatic heterocycles. The van der Waals surface area contributed by atoms with Crippen molar-refractivity contribution < 1.29 is 24.2 Å². The molecule has 2 heterocycles. The van der Waals surface area contributed by atoms with Crippen LogP contribution < -0.4 is 14.8 Å². The molecule has 200 valence electrons. The average Bonchev–Trinajstić information content (AvgIpc) is 3.25. The van der Waals surface area contributed by atoms with E-state index < -0.39 is 5.97 Å². The predicted molar refractivity (Wildman–Crippen MR) is 147 cm³/mol. The molecule has 0 aliphatic carbocycles. The highest BCUT2D eigenvalue weighted by Crippen LogP contribution is 2.43. The van der Waals surface area contributed by atoms with Crippen LogP contribution in [0, 0.1) is 5.92 Å². The molecule has 1 aliphatic rings. The normalized spacial score (nSPS) is 16.9. The lowest BCUT2D eigenvalue weighted by molar-refractivity contribution is -0.137. The Hall–Kier alpha value is -4.07. The van der Waals surface area contributed by atoms with Crippen LogP contribution in [0.2, 0.25) is 0 Å². The molecule has 1 aliphatic heterocycles. The average molecular weight is 518 g/mol. The highest BCUT2D eigenvalue weighted by atomic mass is 16.5. The number of aliphatic carboxylic acids is 1. The van der Waals surface area contributed by atoms with Crippen molar-refractivity contribution in [1.82, 2.24) is 9.88 Å². The Morgan fingerprint density at radius 1 is 1.11 bits per heavy atom. The molecule has 38 heavy (non-hydrogen) atoms. The summed E-state index contributed by atoms with van der Waals surface area (Å²) in [7, 11) is 3.21. The van der Waals surface area contributed by atoms with Crippen molar-refractivity contribution in [3.05, 3.63) is 71.9 Å². The third-order valence-electron chi connectivity index (χ3n) is 7.08. The van der Waals surface area contributed by atoms with Crippen LogP contribution in [0.4, 0.5) is 5.69 Å². The van der Waals surface area contributed by atoms with E-state index in [1.807, 2.05) is 36.5 Å². The third-order valence-corrected chi connectivity index (χ3v) is 7.08. The van der Waals surface area contributed by atoms with Gasteiger partial charge in [0.1, 0.15) is 11.9 Å². The van der Waals surface area contributed by atoms with Crippen molar-refractivity contribution in [3.63, 3.8) is 0 Å². The Morgan fingerprint density at radius 3 is 2.42 bits per heavy atom. The smallest absolute Gasteiger partial charge is 0.305 e. The number of carbonyl (C=O) groups excluding carboxylic acids is 1. The van der Waals surface area contributed by atoms with Crippen LogP contribution in [0.1, 0.15) is 49.0 Å². The first kappa shape index (κ1) is 27.0. The topological polar surface area (TPSA) is 101 Å². The molecule has 2 aromatic carbocycles. The second-order valence-corrected chi connectivity index (χ2v) is 10.1. The number of carboxylic acids is 1. The molecule has 0 spiro atoms. The molecule has 8 heteroatoms. The second kappa shape index (κ2) is 11.5. The van der Waals surface area contributed by atoms with E-state index in [0.717, 1.165) is 22.6 Å². The zero-order valence-electron chi connectivity index (χ0n) is 22.5. The van der Waals surface area contributed by atoms with Crippen LogP contribution in [0.5, 0.6) is 11.6 Å². The number of amides is 1. The number of anilines is 1. The monoisotopic (exact) mass is 517 g/mol. The summed E-state index contributed by atoms with van der Waals surface area (Å²) in [6, 6.07) is 17.5. The Labute approximate surface area is 223 Å². The summed E-state index contributed by atoms with van der Waals surface area (Å²) in [6.07, 6.45) is 1.66. The molecule has 1 amide bonds. The number of rotatable bonds is 10. The van der Waals surface area contributed by atoms with E-state index in [9.17, 15) is 9.59 Å². The van der Waals surface area contributed by atoms with Gasteiger partial charge in [0.25, 0.3) is 5.91 Å². The molecular weight excluding hydrogens is 482 g/mol. The molecule has 0 saturated heterocycles. The molecule has 0 bridgehead atoms. The molecule has 0 radical (unpaired) electrons. The first-order valence-corrected chi connectivity index (χ1v) is 12.8. The van der Waals surface area contributed by atoms with Crippen molar-refractivity contribution in [2.75, 3.05) is 26.0 Å². The summed E-state index contributed by atoms with van der Waals surface area (Å²) in [4.78, 5) is 29.2. The highest BCUT2D eigenvalue weighted by Gasteiger charge is 2.38. The van der Waals surface area contributed by atoms with Crippen LogP contribution in [-0.2, 0) is 4.79 Å². The molecule has 0 fully saturated rings. The van der Waals surface area contributed by atoms with Gasteiger partial charge in [-0.3, -0.25) is 9.59 Å². The van der Waals surface area contributed by atoms with E-state index in [2.05, 4.69) is 43.2 Å². The molecule has 3 atom stereocenters. The number of nitrogens with zero attached hydrogens (tertiary/aromatic N) is 2. The summed E-state index contributed by atoms with van der Waals surface area (Å²) >= 11 is 0. The standard InChI is InChI=1S/C30H35N3O5/c1-18(2)28(32-23-10-6-20(7-11-23)30(36)33(4)15-14-27(34)35)29-19(3)24-16-21(8-12-25(24)38-29)22-9-13-26(37-5)31-17-22/h6-13,16-19,28-29,32H,14-15H2,1-5H3,(H,34,35). The third kappa shape index (κ3) is 5.90. The summed E-state index contributed by atoms with van der Waals surface area (Å²) in [5.74, 6) is 0.795. The molecule has 2 N–H and O–H groups in total. The van der Waals surface area contributed by atoms with Gasteiger partial charge in [-0.25, -0.2) is 4.98 Å². The van der Waals surface area contributed by atoms with Gasteiger partial charge < -0.3 is 24.8 Å². The fourth-order valence-corrected chi connectivity index (χ4v) is 4.79. The van der Waals surface area contributed by atoms with Crippen LogP contribution in [-0.4, -0.2) is 59.7 Å². The highest BCUT2D eigenvalue weighted by molar-refractivity contribution is 5.94. The fourth-order valence-electron chi connectivity index (χ4n) is 4.79. The number of aromatic nitrogens is 1. The molecule has 4 rings (SSSR count). The van der Waals surface area contributed by atoms with Crippen molar-refractivity contribution >= 4 is 17.6 Å². The van der Waals surface area contributed by atoms with E-state index in [0.29, 0.717) is 11.4 Å². The minimum Gasteiger partial charge on any atom is -0.487 e. The Balaban J connectivity index is 1.47. The Morgan fingerprint density at radius 2 is 1.82 bits per heavy atom. The van der Waals surface area contributed by atoms with Crippen molar-refractivity contribution in [2.45, 2.75) is 45.3 Å². The Kier molecular flexibility index (Phi) is 8.20. The molecular formula is C30H35N3O5. The molecule has 0 saturated carbocycles. The van der Waals surface area contributed by atoms with Crippen LogP contribution in [0.25, 0.3) is 11.1 Å². The number of pyridine rings is 1. The van der Waals surface area contributed by atoms with E-state index in [1.165, 1.54) is 10.5 Å². The summed E-state index contributed by atoms with van der Waals surface area (Å²) < 4.78 is 11.7. The maximum Gasteiger partial charge on any atom is 0.305 e. The lowest BCUT2D eigenvalue weighted by atomic mass is 9.87. The molecule has 8 nitrogen and oxygen atoms in total. The van der Waals surface area contributed by atoms with Gasteiger partial charge in [-0.05, 0) is 53.9 Å². The SMILES string of the molecule is COc1ccc(-c2ccc3c(c2)C(C)C(C(Nc2ccc(C(=O)N(C)CCC(=O)O)cc2)C(C)C)O3)cn1. The van der Waals surface area contributed by atoms with E-state index in [-0.39, 0.29) is 42.9 Å². The fraction of sp³-hybridized carbons (Fsp3) is 0.367. The minimum atomic E-state index is -0.927. The van der Waals surface area contributed by atoms with Gasteiger partial charge in [-0.15, -0.1) is 0 Å². The molecule has 3 unspecified atom stereocenters. The number of fused-ring (bicyclic) bond motifs is 1. The number of hydrogen-bond acceptors (Lipinski definition) is 6. The number of ether oxygens (including phenoxy) is 2. The van der Waals surface area contributed by atoms with Crippen LogP contribution in [0.15, 0.2) is 60.8 Å². The van der Waals surface area contributed by atoms with Crippen molar-refractivity contribution in [1.29, 1.82) is 0 Å². The predicted octanol–water partition coefficient (Wildman–Crippen LogP) is 5.31. The maximum absolute atomic E-state index is 12.6. The quantitative estimate of drug-likeness (QED) is 0.376. The van der Waals surface area contributed by atoms with Crippen LogP contribution >= 0.6 is 0 Å². The maximum atomic E-state index is 12.6. The van der Waals surface area contributed by atoms with Crippen LogP contribution in [0.3, 0.4) is 0 Å². The number of carboxylic acid groups (broad SMARTS) is 1. The lowest BCUT2D eigenvalue weighted by Crippen LogP contribution is -2.42. The summed E-state index contributed by atoms with van der Waals surface area (Å²) in [6.45, 7) is 6.69. The van der Waals surface area contributed by atoms with Crippen molar-refractivity contribution in [3.8, 4) is 22.8 Å². The second-order valence-electron chi connectivity index (χ2n) is 10.1. The van der Waals surface area contributed by atoms with Gasteiger partial charge in [0.05, 0.1) is 19.6 Å². The van der Waals surface area contributed by atoms with Gasteiger partial charge in [-0.2, -0.15) is 0 Å². The minimum absolute atomic E-state index is 0.0308. The lowest BCUT2D eigenvalue weighted by Gasteiger charge is -2.31. The largest absolute Gasteiger partial charge is 0.487 e.